The largest absolute Gasteiger partial charge is 0.463 e. The highest BCUT2D eigenvalue weighted by atomic mass is 16.5. The van der Waals surface area contributed by atoms with E-state index in [2.05, 4.69) is 20.0 Å². The van der Waals surface area contributed by atoms with Crippen LogP contribution in [0.2, 0.25) is 0 Å². The van der Waals surface area contributed by atoms with Gasteiger partial charge in [0, 0.05) is 31.3 Å². The lowest BCUT2D eigenvalue weighted by Gasteiger charge is -2.15. The van der Waals surface area contributed by atoms with Gasteiger partial charge in [0.15, 0.2) is 0 Å². The van der Waals surface area contributed by atoms with Crippen molar-refractivity contribution in [1.82, 2.24) is 15.3 Å². The second-order valence-corrected chi connectivity index (χ2v) is 3.08. The van der Waals surface area contributed by atoms with E-state index in [-0.39, 0.29) is 5.82 Å². The number of rotatable bonds is 1. The number of methoxy groups -OCH3 is 1. The number of ether oxygens (including phenoxy) is 1. The topological polar surface area (TPSA) is 64.1 Å². The van der Waals surface area contributed by atoms with Gasteiger partial charge in [-0.2, -0.15) is 0 Å². The van der Waals surface area contributed by atoms with Crippen molar-refractivity contribution in [2.75, 3.05) is 13.7 Å². The lowest BCUT2D eigenvalue weighted by molar-refractivity contribution is 0.0586. The van der Waals surface area contributed by atoms with Crippen molar-refractivity contribution in [3.63, 3.8) is 0 Å². The SMILES string of the molecule is COC(=O)c1ncc2c(n1)CCNC2. The molecule has 5 heteroatoms. The van der Waals surface area contributed by atoms with Gasteiger partial charge in [-0.05, 0) is 0 Å². The highest BCUT2D eigenvalue weighted by Crippen LogP contribution is 2.10. The monoisotopic (exact) mass is 193 g/mol. The first-order valence-electron chi connectivity index (χ1n) is 4.45. The van der Waals surface area contributed by atoms with Crippen LogP contribution in [0.5, 0.6) is 0 Å². The van der Waals surface area contributed by atoms with Gasteiger partial charge in [0.05, 0.1) is 12.8 Å². The van der Waals surface area contributed by atoms with Crippen molar-refractivity contribution in [2.45, 2.75) is 13.0 Å². The van der Waals surface area contributed by atoms with Gasteiger partial charge in [-0.3, -0.25) is 0 Å². The van der Waals surface area contributed by atoms with Gasteiger partial charge in [0.25, 0.3) is 0 Å². The molecular formula is C9H11N3O2. The molecule has 74 valence electrons. The van der Waals surface area contributed by atoms with E-state index in [1.807, 2.05) is 0 Å². The van der Waals surface area contributed by atoms with Gasteiger partial charge in [-0.25, -0.2) is 14.8 Å². The summed E-state index contributed by atoms with van der Waals surface area (Å²) < 4.78 is 4.55. The summed E-state index contributed by atoms with van der Waals surface area (Å²) in [5, 5.41) is 3.21. The van der Waals surface area contributed by atoms with E-state index < -0.39 is 5.97 Å². The smallest absolute Gasteiger partial charge is 0.376 e. The molecular weight excluding hydrogens is 182 g/mol. The summed E-state index contributed by atoms with van der Waals surface area (Å²) in [4.78, 5) is 19.2. The van der Waals surface area contributed by atoms with Crippen LogP contribution in [0.4, 0.5) is 0 Å². The van der Waals surface area contributed by atoms with Crippen LogP contribution in [0, 0.1) is 0 Å². The van der Waals surface area contributed by atoms with Gasteiger partial charge in [0.2, 0.25) is 5.82 Å². The van der Waals surface area contributed by atoms with Crippen LogP contribution in [0.1, 0.15) is 21.9 Å². The summed E-state index contributed by atoms with van der Waals surface area (Å²) in [6.45, 7) is 1.67. The lowest BCUT2D eigenvalue weighted by atomic mass is 10.1. The molecule has 1 N–H and O–H groups in total. The van der Waals surface area contributed by atoms with Crippen molar-refractivity contribution >= 4 is 5.97 Å². The fourth-order valence-electron chi connectivity index (χ4n) is 1.43. The maximum atomic E-state index is 11.1. The zero-order chi connectivity index (χ0) is 9.97. The molecule has 1 aromatic rings. The quantitative estimate of drug-likeness (QED) is 0.631. The minimum absolute atomic E-state index is 0.146. The number of fused-ring (bicyclic) bond motifs is 1. The van der Waals surface area contributed by atoms with Crippen molar-refractivity contribution in [3.05, 3.63) is 23.3 Å². The molecule has 0 fully saturated rings. The predicted octanol–water partition coefficient (Wildman–Crippen LogP) is -0.0911. The molecule has 1 aliphatic rings. The Morgan fingerprint density at radius 3 is 3.29 bits per heavy atom. The third-order valence-corrected chi connectivity index (χ3v) is 2.18. The van der Waals surface area contributed by atoms with Gasteiger partial charge < -0.3 is 10.1 Å². The second-order valence-electron chi connectivity index (χ2n) is 3.08. The fraction of sp³-hybridized carbons (Fsp3) is 0.444. The summed E-state index contributed by atoms with van der Waals surface area (Å²) in [5.41, 5.74) is 2.00. The normalized spacial score (nSPS) is 14.6. The van der Waals surface area contributed by atoms with E-state index in [1.54, 1.807) is 6.20 Å². The lowest BCUT2D eigenvalue weighted by Crippen LogP contribution is -2.26. The molecule has 0 aliphatic carbocycles. The summed E-state index contributed by atoms with van der Waals surface area (Å²) in [5.74, 6) is -0.334. The summed E-state index contributed by atoms with van der Waals surface area (Å²) in [6.07, 6.45) is 2.52. The highest BCUT2D eigenvalue weighted by molar-refractivity contribution is 5.84. The highest BCUT2D eigenvalue weighted by Gasteiger charge is 2.15. The minimum Gasteiger partial charge on any atom is -0.463 e. The molecule has 1 aliphatic heterocycles. The Morgan fingerprint density at radius 2 is 2.50 bits per heavy atom. The molecule has 2 heterocycles. The predicted molar refractivity (Wildman–Crippen MR) is 48.8 cm³/mol. The standard InChI is InChI=1S/C9H11N3O2/c1-14-9(13)8-11-5-6-4-10-3-2-7(6)12-8/h5,10H,2-4H2,1H3. The van der Waals surface area contributed by atoms with Crippen molar-refractivity contribution in [3.8, 4) is 0 Å². The van der Waals surface area contributed by atoms with Crippen LogP contribution in [-0.2, 0) is 17.7 Å². The van der Waals surface area contributed by atoms with E-state index in [4.69, 9.17) is 0 Å². The maximum Gasteiger partial charge on any atom is 0.376 e. The van der Waals surface area contributed by atoms with Gasteiger partial charge in [0.1, 0.15) is 0 Å². The zero-order valence-electron chi connectivity index (χ0n) is 7.91. The molecule has 0 atom stereocenters. The number of aromatic nitrogens is 2. The molecule has 0 unspecified atom stereocenters. The fourth-order valence-corrected chi connectivity index (χ4v) is 1.43. The Bertz CT molecular complexity index is 365. The zero-order valence-corrected chi connectivity index (χ0v) is 7.91. The van der Waals surface area contributed by atoms with Crippen molar-refractivity contribution < 1.29 is 9.53 Å². The second kappa shape index (κ2) is 3.71. The van der Waals surface area contributed by atoms with Crippen molar-refractivity contribution in [2.24, 2.45) is 0 Å². The van der Waals surface area contributed by atoms with Crippen LogP contribution in [-0.4, -0.2) is 29.6 Å². The first-order valence-corrected chi connectivity index (χ1v) is 4.45. The number of carbonyl (C=O) groups excluding carboxylic acids is 1. The first-order chi connectivity index (χ1) is 6.81. The number of hydrogen-bond acceptors (Lipinski definition) is 5. The van der Waals surface area contributed by atoms with Crippen LogP contribution >= 0.6 is 0 Å². The summed E-state index contributed by atoms with van der Waals surface area (Å²) in [6, 6.07) is 0. The molecule has 2 rings (SSSR count). The molecule has 0 spiro atoms. The number of esters is 1. The van der Waals surface area contributed by atoms with Gasteiger partial charge >= 0.3 is 5.97 Å². The number of hydrogen-bond donors (Lipinski definition) is 1. The molecule has 0 saturated heterocycles. The Morgan fingerprint density at radius 1 is 1.64 bits per heavy atom. The van der Waals surface area contributed by atoms with Crippen LogP contribution in [0.15, 0.2) is 6.20 Å². The van der Waals surface area contributed by atoms with E-state index >= 15 is 0 Å². The molecule has 0 aromatic carbocycles. The summed E-state index contributed by atoms with van der Waals surface area (Å²) in [7, 11) is 1.33. The average Bonchev–Trinajstić information content (AvgIpc) is 2.27. The molecule has 5 nitrogen and oxygen atoms in total. The van der Waals surface area contributed by atoms with Gasteiger partial charge in [-0.15, -0.1) is 0 Å². The van der Waals surface area contributed by atoms with Crippen LogP contribution < -0.4 is 5.32 Å². The number of carbonyl (C=O) groups is 1. The molecule has 0 radical (unpaired) electrons. The van der Waals surface area contributed by atoms with Crippen LogP contribution in [0.3, 0.4) is 0 Å². The van der Waals surface area contributed by atoms with E-state index in [0.29, 0.717) is 0 Å². The molecule has 14 heavy (non-hydrogen) atoms. The van der Waals surface area contributed by atoms with E-state index in [0.717, 1.165) is 30.8 Å². The minimum atomic E-state index is -0.480. The third kappa shape index (κ3) is 1.58. The molecule has 0 amide bonds. The Labute approximate surface area is 81.5 Å². The van der Waals surface area contributed by atoms with E-state index in [9.17, 15) is 4.79 Å². The van der Waals surface area contributed by atoms with Gasteiger partial charge in [-0.1, -0.05) is 0 Å². The first kappa shape index (κ1) is 9.08. The summed E-state index contributed by atoms with van der Waals surface area (Å²) >= 11 is 0. The van der Waals surface area contributed by atoms with Crippen molar-refractivity contribution in [1.29, 1.82) is 0 Å². The van der Waals surface area contributed by atoms with Crippen LogP contribution in [0.25, 0.3) is 0 Å². The third-order valence-electron chi connectivity index (χ3n) is 2.18. The molecule has 0 bridgehead atoms. The Kier molecular flexibility index (Phi) is 2.41. The number of nitrogens with one attached hydrogen (secondary N) is 1. The molecule has 1 aromatic heterocycles. The van der Waals surface area contributed by atoms with E-state index in [1.165, 1.54) is 7.11 Å². The molecule has 0 saturated carbocycles. The number of nitrogens with zero attached hydrogens (tertiary/aromatic N) is 2. The Balaban J connectivity index is 2.33. The average molecular weight is 193 g/mol. The maximum absolute atomic E-state index is 11.1. The Hall–Kier alpha value is -1.49.